The molecular formula is C35H32N2O6Si. The molecule has 0 radical (unpaired) electrons. The second-order valence-electron chi connectivity index (χ2n) is 11.4. The Hall–Kier alpha value is -5.28. The number of nitro benzene ring substituents is 1. The van der Waals surface area contributed by atoms with E-state index in [1.54, 1.807) is 0 Å². The standard InChI is InChI=1S/C35H32N2O6Si/c1-35(2,3)44(28-13-6-4-7-14-28,29-15-8-5-9-16-29)43-32-19-11-17-30-26(12-10-18-31(30)32)24-36-34(39)42-33(38)25-20-22-27(23-21-25)37(40)41/h4-23H,24H2,1-3H3,(H,36,39). The molecule has 0 unspecified atom stereocenters. The van der Waals surface area contributed by atoms with Gasteiger partial charge in [-0.15, -0.1) is 0 Å². The first kappa shape index (κ1) is 30.2. The van der Waals surface area contributed by atoms with Crippen molar-refractivity contribution >= 4 is 47.2 Å². The van der Waals surface area contributed by atoms with Gasteiger partial charge in [0.15, 0.2) is 0 Å². The molecule has 0 heterocycles. The van der Waals surface area contributed by atoms with Crippen molar-refractivity contribution in [2.24, 2.45) is 0 Å². The summed E-state index contributed by atoms with van der Waals surface area (Å²) in [6, 6.07) is 37.3. The Morgan fingerprint density at radius 2 is 1.32 bits per heavy atom. The number of nitrogens with one attached hydrogen (secondary N) is 1. The highest BCUT2D eigenvalue weighted by Crippen LogP contribution is 2.39. The number of ether oxygens (including phenoxy) is 1. The molecule has 0 fully saturated rings. The number of carbonyl (C=O) groups is 2. The molecule has 1 amide bonds. The highest BCUT2D eigenvalue weighted by molar-refractivity contribution is 7.00. The van der Waals surface area contributed by atoms with Crippen molar-refractivity contribution in [1.82, 2.24) is 5.32 Å². The Kier molecular flexibility index (Phi) is 8.59. The normalized spacial score (nSPS) is 11.5. The van der Waals surface area contributed by atoms with Gasteiger partial charge in [-0.3, -0.25) is 10.1 Å². The number of non-ortho nitro benzene ring substituents is 1. The van der Waals surface area contributed by atoms with Crippen LogP contribution in [-0.4, -0.2) is 25.3 Å². The van der Waals surface area contributed by atoms with Crippen LogP contribution in [-0.2, 0) is 11.3 Å². The number of nitrogens with zero attached hydrogens (tertiary/aromatic N) is 1. The number of benzene rings is 5. The highest BCUT2D eigenvalue weighted by Gasteiger charge is 2.52. The molecule has 8 nitrogen and oxygen atoms in total. The molecule has 5 rings (SSSR count). The van der Waals surface area contributed by atoms with Crippen molar-refractivity contribution in [1.29, 1.82) is 0 Å². The van der Waals surface area contributed by atoms with Crippen LogP contribution in [0.2, 0.25) is 5.04 Å². The Morgan fingerprint density at radius 1 is 0.750 bits per heavy atom. The number of nitro groups is 1. The van der Waals surface area contributed by atoms with Crippen molar-refractivity contribution < 1.29 is 23.7 Å². The molecule has 1 N–H and O–H groups in total. The van der Waals surface area contributed by atoms with Crippen LogP contribution in [0.25, 0.3) is 10.8 Å². The molecular weight excluding hydrogens is 572 g/mol. The molecule has 5 aromatic carbocycles. The highest BCUT2D eigenvalue weighted by atomic mass is 28.4. The van der Waals surface area contributed by atoms with E-state index in [2.05, 4.69) is 50.4 Å². The summed E-state index contributed by atoms with van der Waals surface area (Å²) in [6.07, 6.45) is -0.926. The van der Waals surface area contributed by atoms with E-state index < -0.39 is 25.3 Å². The number of rotatable bonds is 8. The average molecular weight is 605 g/mol. The van der Waals surface area contributed by atoms with Crippen molar-refractivity contribution in [3.05, 3.63) is 143 Å². The lowest BCUT2D eigenvalue weighted by molar-refractivity contribution is -0.384. The van der Waals surface area contributed by atoms with Crippen LogP contribution in [0.4, 0.5) is 10.5 Å². The molecule has 0 aliphatic heterocycles. The van der Waals surface area contributed by atoms with Gasteiger partial charge >= 0.3 is 20.4 Å². The second kappa shape index (κ2) is 12.5. The summed E-state index contributed by atoms with van der Waals surface area (Å²) in [5.74, 6) is -0.161. The van der Waals surface area contributed by atoms with Crippen LogP contribution < -0.4 is 20.1 Å². The van der Waals surface area contributed by atoms with E-state index in [9.17, 15) is 19.7 Å². The van der Waals surface area contributed by atoms with E-state index in [0.717, 1.165) is 32.5 Å². The van der Waals surface area contributed by atoms with E-state index >= 15 is 0 Å². The maximum absolute atomic E-state index is 12.5. The van der Waals surface area contributed by atoms with Gasteiger partial charge in [0.25, 0.3) is 5.69 Å². The molecule has 0 atom stereocenters. The Morgan fingerprint density at radius 3 is 1.89 bits per heavy atom. The summed E-state index contributed by atoms with van der Waals surface area (Å²) < 4.78 is 12.2. The second-order valence-corrected chi connectivity index (χ2v) is 15.6. The summed E-state index contributed by atoms with van der Waals surface area (Å²) in [6.45, 7) is 6.78. The molecule has 0 saturated carbocycles. The van der Waals surface area contributed by atoms with Gasteiger partial charge in [0.05, 0.1) is 10.5 Å². The zero-order valence-electron chi connectivity index (χ0n) is 24.7. The van der Waals surface area contributed by atoms with Crippen molar-refractivity contribution in [2.75, 3.05) is 0 Å². The number of esters is 1. The predicted molar refractivity (Wildman–Crippen MR) is 173 cm³/mol. The van der Waals surface area contributed by atoms with E-state index in [1.807, 2.05) is 72.8 Å². The molecule has 0 aromatic heterocycles. The van der Waals surface area contributed by atoms with Gasteiger partial charge in [-0.25, -0.2) is 9.59 Å². The third-order valence-electron chi connectivity index (χ3n) is 7.57. The van der Waals surface area contributed by atoms with Gasteiger partial charge in [0, 0.05) is 24.1 Å². The minimum Gasteiger partial charge on any atom is -0.534 e. The summed E-state index contributed by atoms with van der Waals surface area (Å²) in [7, 11) is -2.89. The first-order valence-electron chi connectivity index (χ1n) is 14.2. The fourth-order valence-corrected chi connectivity index (χ4v) is 9.91. The number of amides is 1. The summed E-state index contributed by atoms with van der Waals surface area (Å²) in [5, 5.41) is 17.4. The number of carbonyl (C=O) groups excluding carboxylic acids is 2. The van der Waals surface area contributed by atoms with Crippen molar-refractivity contribution in [3.8, 4) is 5.75 Å². The maximum atomic E-state index is 12.5. The third kappa shape index (κ3) is 6.09. The predicted octanol–water partition coefficient (Wildman–Crippen LogP) is 6.75. The topological polar surface area (TPSA) is 108 Å². The third-order valence-corrected chi connectivity index (χ3v) is 12.5. The fraction of sp³-hybridized carbons (Fsp3) is 0.143. The minimum absolute atomic E-state index is 0.0287. The van der Waals surface area contributed by atoms with E-state index in [1.165, 1.54) is 24.3 Å². The van der Waals surface area contributed by atoms with Crippen LogP contribution in [0.15, 0.2) is 121 Å². The molecule has 222 valence electrons. The Bertz CT molecular complexity index is 1760. The van der Waals surface area contributed by atoms with Gasteiger partial charge in [0.1, 0.15) is 5.75 Å². The van der Waals surface area contributed by atoms with Crippen LogP contribution in [0.5, 0.6) is 5.75 Å². The van der Waals surface area contributed by atoms with Crippen LogP contribution in [0.1, 0.15) is 36.7 Å². The van der Waals surface area contributed by atoms with Gasteiger partial charge in [-0.05, 0) is 44.6 Å². The van der Waals surface area contributed by atoms with Gasteiger partial charge < -0.3 is 14.5 Å². The zero-order valence-corrected chi connectivity index (χ0v) is 25.7. The van der Waals surface area contributed by atoms with Gasteiger partial charge in [-0.1, -0.05) is 112 Å². The first-order chi connectivity index (χ1) is 21.1. The lowest BCUT2D eigenvalue weighted by atomic mass is 10.0. The largest absolute Gasteiger partial charge is 0.534 e. The molecule has 0 bridgehead atoms. The lowest BCUT2D eigenvalue weighted by Crippen LogP contribution is -2.68. The number of hydrogen-bond donors (Lipinski definition) is 1. The Labute approximate surface area is 256 Å². The molecule has 44 heavy (non-hydrogen) atoms. The summed E-state index contributed by atoms with van der Waals surface area (Å²) in [5.41, 5.74) is 0.677. The number of hydrogen-bond acceptors (Lipinski definition) is 6. The smallest absolute Gasteiger partial charge is 0.415 e. The van der Waals surface area contributed by atoms with Gasteiger partial charge in [0.2, 0.25) is 0 Å². The Balaban J connectivity index is 1.43. The molecule has 0 spiro atoms. The number of alkyl carbamates (subject to hydrolysis) is 1. The zero-order chi connectivity index (χ0) is 31.3. The van der Waals surface area contributed by atoms with Crippen LogP contribution in [0, 0.1) is 10.1 Å². The molecule has 0 aliphatic carbocycles. The van der Waals surface area contributed by atoms with Crippen LogP contribution in [0.3, 0.4) is 0 Å². The maximum Gasteiger partial charge on any atom is 0.415 e. The molecule has 9 heteroatoms. The average Bonchev–Trinajstić information content (AvgIpc) is 3.03. The van der Waals surface area contributed by atoms with Crippen molar-refractivity contribution in [3.63, 3.8) is 0 Å². The van der Waals surface area contributed by atoms with Crippen molar-refractivity contribution in [2.45, 2.75) is 32.4 Å². The summed E-state index contributed by atoms with van der Waals surface area (Å²) in [4.78, 5) is 35.2. The quantitative estimate of drug-likeness (QED) is 0.0690. The lowest BCUT2D eigenvalue weighted by Gasteiger charge is -2.43. The van der Waals surface area contributed by atoms with E-state index in [-0.39, 0.29) is 22.8 Å². The monoisotopic (exact) mass is 604 g/mol. The molecule has 0 saturated heterocycles. The SMILES string of the molecule is CC(C)(C)[Si](Oc1cccc2c(CNC(=O)OC(=O)c3ccc([N+](=O)[O-])cc3)cccc12)(c1ccccc1)c1ccccc1. The van der Waals surface area contributed by atoms with Crippen LogP contribution >= 0.6 is 0 Å². The van der Waals surface area contributed by atoms with E-state index in [4.69, 9.17) is 9.16 Å². The van der Waals surface area contributed by atoms with Gasteiger partial charge in [-0.2, -0.15) is 0 Å². The van der Waals surface area contributed by atoms with E-state index in [0.29, 0.717) is 0 Å². The first-order valence-corrected chi connectivity index (χ1v) is 16.1. The summed E-state index contributed by atoms with van der Waals surface area (Å²) >= 11 is 0. The number of fused-ring (bicyclic) bond motifs is 1. The minimum atomic E-state index is -2.89. The molecule has 0 aliphatic rings. The fourth-order valence-electron chi connectivity index (χ4n) is 5.47. The molecule has 5 aromatic rings.